The molecule has 0 amide bonds. The highest BCUT2D eigenvalue weighted by Crippen LogP contribution is 2.41. The zero-order chi connectivity index (χ0) is 20.4. The molecule has 2 aromatic heterocycles. The second kappa shape index (κ2) is 8.00. The largest absolute Gasteiger partial charge is 0.459 e. The Morgan fingerprint density at radius 3 is 2.72 bits per heavy atom. The predicted octanol–water partition coefficient (Wildman–Crippen LogP) is 4.63. The van der Waals surface area contributed by atoms with Crippen LogP contribution in [-0.4, -0.2) is 26.5 Å². The van der Waals surface area contributed by atoms with Crippen molar-refractivity contribution in [1.82, 2.24) is 15.2 Å². The van der Waals surface area contributed by atoms with Crippen LogP contribution in [0.25, 0.3) is 11.3 Å². The maximum atomic E-state index is 11.4. The highest BCUT2D eigenvalue weighted by Gasteiger charge is 2.41. The van der Waals surface area contributed by atoms with E-state index >= 15 is 0 Å². The molecule has 4 rings (SSSR count). The van der Waals surface area contributed by atoms with Gasteiger partial charge in [-0.15, -0.1) is 0 Å². The van der Waals surface area contributed by atoms with E-state index in [-0.39, 0.29) is 17.8 Å². The summed E-state index contributed by atoms with van der Waals surface area (Å²) in [5.41, 5.74) is 1.33. The van der Waals surface area contributed by atoms with Gasteiger partial charge in [0.1, 0.15) is 17.6 Å². The van der Waals surface area contributed by atoms with Crippen LogP contribution in [0.3, 0.4) is 0 Å². The van der Waals surface area contributed by atoms with Gasteiger partial charge in [-0.05, 0) is 49.0 Å². The van der Waals surface area contributed by atoms with Crippen LogP contribution in [-0.2, 0) is 0 Å². The average molecular weight is 408 g/mol. The first-order valence-electron chi connectivity index (χ1n) is 9.41. The molecule has 0 bridgehead atoms. The third-order valence-electron chi connectivity index (χ3n) is 4.95. The summed E-state index contributed by atoms with van der Waals surface area (Å²) in [6, 6.07) is 15.6. The monoisotopic (exact) mass is 408 g/mol. The molecular formula is C21H20N4O3S. The first-order chi connectivity index (χ1) is 14.1. The molecule has 0 saturated carbocycles. The van der Waals surface area contributed by atoms with Crippen LogP contribution in [0.15, 0.2) is 65.2 Å². The summed E-state index contributed by atoms with van der Waals surface area (Å²) < 4.78 is 6.15. The van der Waals surface area contributed by atoms with Crippen molar-refractivity contribution >= 4 is 23.0 Å². The van der Waals surface area contributed by atoms with Crippen LogP contribution in [0, 0.1) is 10.1 Å². The van der Waals surface area contributed by atoms with Gasteiger partial charge in [0.05, 0.1) is 22.2 Å². The fourth-order valence-corrected chi connectivity index (χ4v) is 4.03. The van der Waals surface area contributed by atoms with Gasteiger partial charge in [-0.25, -0.2) is 0 Å². The van der Waals surface area contributed by atoms with E-state index in [0.29, 0.717) is 22.2 Å². The van der Waals surface area contributed by atoms with Crippen LogP contribution < -0.4 is 5.32 Å². The number of hydrogen-bond donors (Lipinski definition) is 1. The molecule has 0 unspecified atom stereocenters. The van der Waals surface area contributed by atoms with Crippen molar-refractivity contribution in [3.05, 3.63) is 82.4 Å². The fraction of sp³-hybridized carbons (Fsp3) is 0.238. The molecule has 1 aromatic carbocycles. The highest BCUT2D eigenvalue weighted by molar-refractivity contribution is 7.80. The minimum absolute atomic E-state index is 0.0140. The zero-order valence-electron chi connectivity index (χ0n) is 15.8. The van der Waals surface area contributed by atoms with Gasteiger partial charge in [0.2, 0.25) is 0 Å². The molecule has 1 aliphatic rings. The summed E-state index contributed by atoms with van der Waals surface area (Å²) in [7, 11) is 0. The van der Waals surface area contributed by atoms with Crippen molar-refractivity contribution in [3.8, 4) is 11.3 Å². The Bertz CT molecular complexity index is 1040. The molecule has 1 N–H and O–H groups in total. The first-order valence-corrected chi connectivity index (χ1v) is 9.82. The Kier molecular flexibility index (Phi) is 5.26. The number of rotatable bonds is 6. The molecule has 1 fully saturated rings. The lowest BCUT2D eigenvalue weighted by atomic mass is 10.0. The number of nitrogens with one attached hydrogen (secondary N) is 1. The summed E-state index contributed by atoms with van der Waals surface area (Å²) in [6.45, 7) is 2.86. The number of benzene rings is 1. The summed E-state index contributed by atoms with van der Waals surface area (Å²) in [5, 5.41) is 15.4. The topological polar surface area (TPSA) is 84.4 Å². The van der Waals surface area contributed by atoms with Crippen LogP contribution in [0.4, 0.5) is 5.69 Å². The van der Waals surface area contributed by atoms with Gasteiger partial charge in [-0.3, -0.25) is 15.1 Å². The van der Waals surface area contributed by atoms with Crippen LogP contribution in [0.1, 0.15) is 36.9 Å². The van der Waals surface area contributed by atoms with Crippen molar-refractivity contribution in [2.24, 2.45) is 0 Å². The summed E-state index contributed by atoms with van der Waals surface area (Å²) >= 11 is 5.57. The Morgan fingerprint density at radius 1 is 1.21 bits per heavy atom. The number of para-hydroxylation sites is 1. The second-order valence-corrected chi connectivity index (χ2v) is 7.18. The third kappa shape index (κ3) is 3.58. The number of pyridine rings is 1. The van der Waals surface area contributed by atoms with Gasteiger partial charge in [-0.2, -0.15) is 0 Å². The maximum Gasteiger partial charge on any atom is 0.280 e. The molecule has 3 aromatic rings. The van der Waals surface area contributed by atoms with E-state index in [9.17, 15) is 10.1 Å². The quantitative estimate of drug-likeness (QED) is 0.361. The lowest BCUT2D eigenvalue weighted by Crippen LogP contribution is -2.30. The van der Waals surface area contributed by atoms with Crippen molar-refractivity contribution in [3.63, 3.8) is 0 Å². The SMILES string of the molecule is CCCN1C(=S)N[C@H](c2ccccn2)[C@@H]1c1ccc(-c2ccccc2[N+](=O)[O-])o1. The Hall–Kier alpha value is -3.26. The first kappa shape index (κ1) is 19.1. The Labute approximate surface area is 173 Å². The molecule has 3 heterocycles. The van der Waals surface area contributed by atoms with Crippen molar-refractivity contribution in [2.75, 3.05) is 6.54 Å². The average Bonchev–Trinajstić information content (AvgIpc) is 3.34. The summed E-state index contributed by atoms with van der Waals surface area (Å²) in [4.78, 5) is 17.6. The van der Waals surface area contributed by atoms with E-state index in [1.54, 1.807) is 30.5 Å². The molecule has 1 aliphatic heterocycles. The van der Waals surface area contributed by atoms with E-state index in [1.165, 1.54) is 6.07 Å². The molecule has 8 heteroatoms. The van der Waals surface area contributed by atoms with E-state index in [2.05, 4.69) is 22.1 Å². The molecule has 148 valence electrons. The van der Waals surface area contributed by atoms with Gasteiger partial charge in [0, 0.05) is 18.8 Å². The molecule has 0 spiro atoms. The van der Waals surface area contributed by atoms with Crippen molar-refractivity contribution in [2.45, 2.75) is 25.4 Å². The second-order valence-electron chi connectivity index (χ2n) is 6.80. The lowest BCUT2D eigenvalue weighted by Gasteiger charge is -2.25. The van der Waals surface area contributed by atoms with Crippen molar-refractivity contribution in [1.29, 1.82) is 0 Å². The number of hydrogen-bond acceptors (Lipinski definition) is 5. The van der Waals surface area contributed by atoms with E-state index < -0.39 is 4.92 Å². The minimum Gasteiger partial charge on any atom is -0.459 e. The van der Waals surface area contributed by atoms with E-state index in [0.717, 1.165) is 18.7 Å². The summed E-state index contributed by atoms with van der Waals surface area (Å²) in [6.07, 6.45) is 2.67. The molecule has 29 heavy (non-hydrogen) atoms. The van der Waals surface area contributed by atoms with Crippen molar-refractivity contribution < 1.29 is 9.34 Å². The van der Waals surface area contributed by atoms with E-state index in [4.69, 9.17) is 16.6 Å². The zero-order valence-corrected chi connectivity index (χ0v) is 16.6. The van der Waals surface area contributed by atoms with Gasteiger partial charge in [-0.1, -0.05) is 25.1 Å². The van der Waals surface area contributed by atoms with Crippen LogP contribution in [0.5, 0.6) is 0 Å². The molecule has 1 saturated heterocycles. The molecular weight excluding hydrogens is 388 g/mol. The number of aromatic nitrogens is 1. The molecule has 0 aliphatic carbocycles. The van der Waals surface area contributed by atoms with Crippen LogP contribution >= 0.6 is 12.2 Å². The smallest absolute Gasteiger partial charge is 0.280 e. The number of furan rings is 1. The lowest BCUT2D eigenvalue weighted by molar-refractivity contribution is -0.384. The number of nitro groups is 1. The minimum atomic E-state index is -0.399. The van der Waals surface area contributed by atoms with Crippen LogP contribution in [0.2, 0.25) is 0 Å². The summed E-state index contributed by atoms with van der Waals surface area (Å²) in [5.74, 6) is 1.15. The normalized spacial score (nSPS) is 18.7. The van der Waals surface area contributed by atoms with Gasteiger partial charge < -0.3 is 14.6 Å². The Balaban J connectivity index is 1.75. The number of nitro benzene ring substituents is 1. The predicted molar refractivity (Wildman–Crippen MR) is 113 cm³/mol. The van der Waals surface area contributed by atoms with Gasteiger partial charge in [0.25, 0.3) is 5.69 Å². The molecule has 7 nitrogen and oxygen atoms in total. The molecule has 0 radical (unpaired) electrons. The van der Waals surface area contributed by atoms with Gasteiger partial charge in [0.15, 0.2) is 5.11 Å². The standard InChI is InChI=1S/C21H20N4O3S/c1-2-13-24-20(19(23-21(24)29)15-8-5-6-12-22-15)18-11-10-17(28-18)14-7-3-4-9-16(14)25(26)27/h3-12,19-20H,2,13H2,1H3,(H,23,29)/t19-,20+/m1/s1. The van der Waals surface area contributed by atoms with E-state index in [1.807, 2.05) is 24.3 Å². The highest BCUT2D eigenvalue weighted by atomic mass is 32.1. The van der Waals surface area contributed by atoms with Gasteiger partial charge >= 0.3 is 0 Å². The third-order valence-corrected chi connectivity index (χ3v) is 5.30. The maximum absolute atomic E-state index is 11.4. The Morgan fingerprint density at radius 2 is 2.00 bits per heavy atom. The fourth-order valence-electron chi connectivity index (χ4n) is 3.69. The number of thiocarbonyl (C=S) groups is 1. The molecule has 2 atom stereocenters. The number of nitrogens with zero attached hydrogens (tertiary/aromatic N) is 3.